The van der Waals surface area contributed by atoms with Crippen LogP contribution in [0.15, 0.2) is 35.9 Å². The van der Waals surface area contributed by atoms with Gasteiger partial charge in [-0.1, -0.05) is 70.9 Å². The molecule has 2 nitrogen and oxygen atoms in total. The molecule has 1 aliphatic carbocycles. The third kappa shape index (κ3) is 2.82. The van der Waals surface area contributed by atoms with Gasteiger partial charge in [-0.25, -0.2) is 0 Å². The number of aliphatic hydroxyl groups excluding tert-OH is 1. The minimum absolute atomic E-state index is 0.148. The van der Waals surface area contributed by atoms with Gasteiger partial charge in [0.25, 0.3) is 0 Å². The van der Waals surface area contributed by atoms with E-state index in [1.165, 1.54) is 0 Å². The maximum Gasteiger partial charge on any atom is 0.123 e. The number of aryl methyl sites for hydroxylation is 1. The van der Waals surface area contributed by atoms with Gasteiger partial charge in [0.1, 0.15) is 5.75 Å². The first-order chi connectivity index (χ1) is 10.8. The number of aliphatic hydroxyl groups is 1. The molecule has 132 valence electrons. The fourth-order valence-electron chi connectivity index (χ4n) is 4.53. The SMILES string of the molecule is CC1=CC(C(C)(C)C)(C(C)(C)C)C(O)C(c2cc(C)ccc2O)=C1. The van der Waals surface area contributed by atoms with Gasteiger partial charge in [0.05, 0.1) is 6.10 Å². The second-order valence-corrected chi connectivity index (χ2v) is 9.28. The number of allylic oxidation sites excluding steroid dienone is 2. The minimum atomic E-state index is -0.686. The first-order valence-electron chi connectivity index (χ1n) is 8.70. The van der Waals surface area contributed by atoms with Gasteiger partial charge in [0, 0.05) is 11.0 Å². The Hall–Kier alpha value is -1.54. The summed E-state index contributed by atoms with van der Waals surface area (Å²) in [6.45, 7) is 17.2. The van der Waals surface area contributed by atoms with Crippen LogP contribution >= 0.6 is 0 Å². The van der Waals surface area contributed by atoms with Crippen molar-refractivity contribution >= 4 is 5.57 Å². The molecule has 0 saturated heterocycles. The zero-order valence-corrected chi connectivity index (χ0v) is 16.4. The third-order valence-corrected chi connectivity index (χ3v) is 5.51. The second kappa shape index (κ2) is 5.77. The zero-order chi connectivity index (χ0) is 18.5. The topological polar surface area (TPSA) is 40.5 Å². The Morgan fingerprint density at radius 2 is 1.50 bits per heavy atom. The Labute approximate surface area is 146 Å². The van der Waals surface area contributed by atoms with Crippen LogP contribution in [0.25, 0.3) is 5.57 Å². The molecule has 0 heterocycles. The molecule has 1 aliphatic rings. The van der Waals surface area contributed by atoms with Gasteiger partial charge in [0.2, 0.25) is 0 Å². The highest BCUT2D eigenvalue weighted by atomic mass is 16.3. The molecule has 1 unspecified atom stereocenters. The summed E-state index contributed by atoms with van der Waals surface area (Å²) in [5.41, 5.74) is 3.00. The Balaban J connectivity index is 2.75. The van der Waals surface area contributed by atoms with Gasteiger partial charge in [0.15, 0.2) is 0 Å². The van der Waals surface area contributed by atoms with Crippen molar-refractivity contribution in [3.63, 3.8) is 0 Å². The molecule has 0 bridgehead atoms. The number of hydrogen-bond acceptors (Lipinski definition) is 2. The highest BCUT2D eigenvalue weighted by molar-refractivity contribution is 5.78. The lowest BCUT2D eigenvalue weighted by Crippen LogP contribution is -2.54. The number of hydrogen-bond donors (Lipinski definition) is 2. The molecule has 1 aromatic rings. The van der Waals surface area contributed by atoms with Gasteiger partial charge < -0.3 is 10.2 Å². The lowest BCUT2D eigenvalue weighted by Gasteiger charge is -2.56. The van der Waals surface area contributed by atoms with E-state index in [0.29, 0.717) is 0 Å². The van der Waals surface area contributed by atoms with Crippen LogP contribution in [0.3, 0.4) is 0 Å². The summed E-state index contributed by atoms with van der Waals surface area (Å²) in [5.74, 6) is 0.220. The average molecular weight is 328 g/mol. The van der Waals surface area contributed by atoms with Crippen LogP contribution in [-0.2, 0) is 0 Å². The molecule has 0 spiro atoms. The molecule has 0 aliphatic heterocycles. The van der Waals surface area contributed by atoms with Crippen molar-refractivity contribution in [2.75, 3.05) is 0 Å². The number of phenols is 1. The van der Waals surface area contributed by atoms with Crippen molar-refractivity contribution in [3.8, 4) is 5.75 Å². The summed E-state index contributed by atoms with van der Waals surface area (Å²) in [7, 11) is 0. The maximum absolute atomic E-state index is 11.5. The molecule has 2 heteroatoms. The van der Waals surface area contributed by atoms with E-state index in [0.717, 1.165) is 22.3 Å². The number of aromatic hydroxyl groups is 1. The number of phenolic OH excluding ortho intramolecular Hbond substituents is 1. The summed E-state index contributed by atoms with van der Waals surface area (Å²) < 4.78 is 0. The molecular weight excluding hydrogens is 296 g/mol. The van der Waals surface area contributed by atoms with Crippen LogP contribution in [0.4, 0.5) is 0 Å². The van der Waals surface area contributed by atoms with Crippen LogP contribution in [0.1, 0.15) is 59.6 Å². The normalized spacial score (nSPS) is 21.3. The predicted octanol–water partition coefficient (Wildman–Crippen LogP) is 5.48. The molecule has 0 saturated carbocycles. The maximum atomic E-state index is 11.5. The van der Waals surface area contributed by atoms with Gasteiger partial charge in [-0.3, -0.25) is 0 Å². The summed E-state index contributed by atoms with van der Waals surface area (Å²) in [4.78, 5) is 0. The fourth-order valence-corrected chi connectivity index (χ4v) is 4.53. The van der Waals surface area contributed by atoms with Gasteiger partial charge in [-0.05, 0) is 42.4 Å². The van der Waals surface area contributed by atoms with E-state index in [1.54, 1.807) is 6.07 Å². The van der Waals surface area contributed by atoms with Crippen molar-refractivity contribution < 1.29 is 10.2 Å². The average Bonchev–Trinajstić information content (AvgIpc) is 2.41. The van der Waals surface area contributed by atoms with Crippen LogP contribution in [0, 0.1) is 23.2 Å². The summed E-state index contributed by atoms with van der Waals surface area (Å²) in [5, 5.41) is 21.9. The first-order valence-corrected chi connectivity index (χ1v) is 8.70. The Morgan fingerprint density at radius 1 is 0.958 bits per heavy atom. The quantitative estimate of drug-likeness (QED) is 0.716. The van der Waals surface area contributed by atoms with Gasteiger partial charge in [-0.15, -0.1) is 0 Å². The first kappa shape index (κ1) is 18.8. The highest BCUT2D eigenvalue weighted by Crippen LogP contribution is 2.59. The predicted molar refractivity (Wildman–Crippen MR) is 102 cm³/mol. The molecule has 2 N–H and O–H groups in total. The Kier molecular flexibility index (Phi) is 4.52. The second-order valence-electron chi connectivity index (χ2n) is 9.28. The summed E-state index contributed by atoms with van der Waals surface area (Å²) in [6.07, 6.45) is 3.55. The van der Waals surface area contributed by atoms with Crippen LogP contribution in [-0.4, -0.2) is 16.3 Å². The van der Waals surface area contributed by atoms with E-state index in [-0.39, 0.29) is 16.6 Å². The standard InChI is InChI=1S/C22H32O2/c1-14-9-10-18(23)16(11-14)17-12-15(2)13-22(19(17)24,20(3,4)5)21(6,7)8/h9-13,19,23-24H,1-8H3. The minimum Gasteiger partial charge on any atom is -0.507 e. The molecule has 0 fully saturated rings. The number of benzene rings is 1. The van der Waals surface area contributed by atoms with E-state index >= 15 is 0 Å². The zero-order valence-electron chi connectivity index (χ0n) is 16.4. The lowest BCUT2D eigenvalue weighted by atomic mass is 9.49. The molecule has 0 radical (unpaired) electrons. The van der Waals surface area contributed by atoms with Crippen LogP contribution < -0.4 is 0 Å². The van der Waals surface area contributed by atoms with E-state index in [9.17, 15) is 10.2 Å². The molecule has 0 aromatic heterocycles. The Bertz CT molecular complexity index is 680. The van der Waals surface area contributed by atoms with E-state index < -0.39 is 11.5 Å². The van der Waals surface area contributed by atoms with Crippen LogP contribution in [0.5, 0.6) is 5.75 Å². The molecule has 24 heavy (non-hydrogen) atoms. The molecule has 1 aromatic carbocycles. The summed E-state index contributed by atoms with van der Waals surface area (Å²) >= 11 is 0. The molecular formula is C22H32O2. The number of rotatable bonds is 1. The van der Waals surface area contributed by atoms with Crippen molar-refractivity contribution in [1.29, 1.82) is 0 Å². The lowest BCUT2D eigenvalue weighted by molar-refractivity contribution is -0.0664. The van der Waals surface area contributed by atoms with Crippen molar-refractivity contribution in [1.82, 2.24) is 0 Å². The van der Waals surface area contributed by atoms with E-state index in [1.807, 2.05) is 25.1 Å². The van der Waals surface area contributed by atoms with Gasteiger partial charge >= 0.3 is 0 Å². The third-order valence-electron chi connectivity index (χ3n) is 5.51. The molecule has 0 amide bonds. The summed E-state index contributed by atoms with van der Waals surface area (Å²) in [6, 6.07) is 5.55. The van der Waals surface area contributed by atoms with E-state index in [4.69, 9.17) is 0 Å². The van der Waals surface area contributed by atoms with Crippen LogP contribution in [0.2, 0.25) is 0 Å². The van der Waals surface area contributed by atoms with Crippen molar-refractivity contribution in [3.05, 3.63) is 47.1 Å². The van der Waals surface area contributed by atoms with E-state index in [2.05, 4.69) is 54.5 Å². The van der Waals surface area contributed by atoms with Crippen molar-refractivity contribution in [2.45, 2.75) is 61.5 Å². The van der Waals surface area contributed by atoms with Gasteiger partial charge in [-0.2, -0.15) is 0 Å². The monoisotopic (exact) mass is 328 g/mol. The fraction of sp³-hybridized carbons (Fsp3) is 0.545. The molecule has 1 atom stereocenters. The smallest absolute Gasteiger partial charge is 0.123 e. The Morgan fingerprint density at radius 3 is 2.00 bits per heavy atom. The largest absolute Gasteiger partial charge is 0.507 e. The highest BCUT2D eigenvalue weighted by Gasteiger charge is 2.55. The van der Waals surface area contributed by atoms with Crippen molar-refractivity contribution in [2.24, 2.45) is 16.2 Å². The molecule has 2 rings (SSSR count).